The summed E-state index contributed by atoms with van der Waals surface area (Å²) in [7, 11) is 0. The van der Waals surface area contributed by atoms with Gasteiger partial charge in [-0.2, -0.15) is 0 Å². The topological polar surface area (TPSA) is 57.6 Å². The highest BCUT2D eigenvalue weighted by molar-refractivity contribution is 6.01. The van der Waals surface area contributed by atoms with Gasteiger partial charge in [0.15, 0.2) is 0 Å². The smallest absolute Gasteiger partial charge is 0.331 e. The van der Waals surface area contributed by atoms with Crippen LogP contribution in [0.1, 0.15) is 47.0 Å². The van der Waals surface area contributed by atoms with E-state index in [-0.39, 0.29) is 11.5 Å². The van der Waals surface area contributed by atoms with Gasteiger partial charge in [0, 0.05) is 23.7 Å². The first-order chi connectivity index (χ1) is 8.34. The third-order valence-corrected chi connectivity index (χ3v) is 3.40. The number of carboxylic acid groups (broad SMARTS) is 1. The second kappa shape index (κ2) is 6.03. The van der Waals surface area contributed by atoms with Gasteiger partial charge in [-0.1, -0.05) is 13.8 Å². The van der Waals surface area contributed by atoms with Crippen molar-refractivity contribution in [3.8, 4) is 0 Å². The van der Waals surface area contributed by atoms with Crippen molar-refractivity contribution in [2.75, 3.05) is 6.54 Å². The first kappa shape index (κ1) is 14.7. The summed E-state index contributed by atoms with van der Waals surface area (Å²) in [4.78, 5) is 25.0. The Bertz CT molecular complexity index is 367. The summed E-state index contributed by atoms with van der Waals surface area (Å²) >= 11 is 0. The molecule has 4 heteroatoms. The Hall–Kier alpha value is -1.32. The lowest BCUT2D eigenvalue weighted by Gasteiger charge is -2.24. The summed E-state index contributed by atoms with van der Waals surface area (Å²) in [6.07, 6.45) is 3.05. The van der Waals surface area contributed by atoms with E-state index in [0.717, 1.165) is 25.8 Å². The second-order valence-corrected chi connectivity index (χ2v) is 5.47. The molecule has 0 bridgehead atoms. The Morgan fingerprint density at radius 3 is 2.17 bits per heavy atom. The van der Waals surface area contributed by atoms with E-state index >= 15 is 0 Å². The van der Waals surface area contributed by atoms with Gasteiger partial charge < -0.3 is 10.0 Å². The minimum Gasteiger partial charge on any atom is -0.478 e. The maximum Gasteiger partial charge on any atom is 0.331 e. The van der Waals surface area contributed by atoms with E-state index in [1.807, 2.05) is 4.90 Å². The van der Waals surface area contributed by atoms with Gasteiger partial charge in [-0.15, -0.1) is 0 Å². The number of hydrogen-bond acceptors (Lipinski definition) is 2. The summed E-state index contributed by atoms with van der Waals surface area (Å²) in [6.45, 7) is 8.08. The molecule has 0 unspecified atom stereocenters. The fourth-order valence-electron chi connectivity index (χ4n) is 1.77. The van der Waals surface area contributed by atoms with Gasteiger partial charge in [-0.3, -0.25) is 4.79 Å². The quantitative estimate of drug-likeness (QED) is 0.740. The predicted octanol–water partition coefficient (Wildman–Crippen LogP) is 2.44. The molecule has 0 aromatic heterocycles. The molecule has 18 heavy (non-hydrogen) atoms. The monoisotopic (exact) mass is 253 g/mol. The van der Waals surface area contributed by atoms with Crippen LogP contribution in [0.5, 0.6) is 0 Å². The maximum absolute atomic E-state index is 12.3. The Kier molecular flexibility index (Phi) is 4.93. The van der Waals surface area contributed by atoms with E-state index in [0.29, 0.717) is 17.5 Å². The summed E-state index contributed by atoms with van der Waals surface area (Å²) < 4.78 is 0. The number of carboxylic acids is 1. The zero-order valence-corrected chi connectivity index (χ0v) is 11.7. The molecular formula is C14H23NO3. The van der Waals surface area contributed by atoms with Crippen LogP contribution in [0.3, 0.4) is 0 Å². The standard InChI is InChI=1S/C14H23NO3/c1-9(2)7-8-15(12-5-6-12)13(16)10(3)11(4)14(17)18/h9,12H,5-8H2,1-4H3,(H,17,18)/b11-10-. The Balaban J connectivity index is 2.77. The highest BCUT2D eigenvalue weighted by Gasteiger charge is 2.33. The number of rotatable bonds is 6. The van der Waals surface area contributed by atoms with E-state index in [9.17, 15) is 9.59 Å². The zero-order chi connectivity index (χ0) is 13.9. The van der Waals surface area contributed by atoms with Crippen molar-refractivity contribution in [3.05, 3.63) is 11.1 Å². The summed E-state index contributed by atoms with van der Waals surface area (Å²) in [5.41, 5.74) is 0.508. The van der Waals surface area contributed by atoms with E-state index < -0.39 is 5.97 Å². The van der Waals surface area contributed by atoms with Crippen LogP contribution in [-0.2, 0) is 9.59 Å². The minimum absolute atomic E-state index is 0.113. The highest BCUT2D eigenvalue weighted by atomic mass is 16.4. The fraction of sp³-hybridized carbons (Fsp3) is 0.714. The van der Waals surface area contributed by atoms with Gasteiger partial charge in [0.05, 0.1) is 0 Å². The summed E-state index contributed by atoms with van der Waals surface area (Å²) in [5.74, 6) is -0.581. The highest BCUT2D eigenvalue weighted by Crippen LogP contribution is 2.29. The Labute approximate surface area is 109 Å². The van der Waals surface area contributed by atoms with Crippen LogP contribution in [0.25, 0.3) is 0 Å². The van der Waals surface area contributed by atoms with E-state index in [2.05, 4.69) is 13.8 Å². The Morgan fingerprint density at radius 2 is 1.78 bits per heavy atom. The molecule has 102 valence electrons. The van der Waals surface area contributed by atoms with Crippen LogP contribution in [0.15, 0.2) is 11.1 Å². The molecule has 0 saturated heterocycles. The van der Waals surface area contributed by atoms with Gasteiger partial charge in [0.2, 0.25) is 5.91 Å². The molecule has 1 rings (SSSR count). The Morgan fingerprint density at radius 1 is 1.22 bits per heavy atom. The first-order valence-corrected chi connectivity index (χ1v) is 6.56. The molecule has 1 fully saturated rings. The van der Waals surface area contributed by atoms with Crippen molar-refractivity contribution in [1.82, 2.24) is 4.90 Å². The maximum atomic E-state index is 12.3. The number of nitrogens with zero attached hydrogens (tertiary/aromatic N) is 1. The van der Waals surface area contributed by atoms with Crippen molar-refractivity contribution in [3.63, 3.8) is 0 Å². The fourth-order valence-corrected chi connectivity index (χ4v) is 1.77. The van der Waals surface area contributed by atoms with Crippen LogP contribution in [0.4, 0.5) is 0 Å². The molecule has 4 nitrogen and oxygen atoms in total. The zero-order valence-electron chi connectivity index (χ0n) is 11.7. The van der Waals surface area contributed by atoms with E-state index in [1.54, 1.807) is 6.92 Å². The SMILES string of the molecule is C/C(C(=O)O)=C(\C)C(=O)N(CCC(C)C)C1CC1. The summed E-state index contributed by atoms with van der Waals surface area (Å²) in [6, 6.07) is 0.327. The van der Waals surface area contributed by atoms with Gasteiger partial charge >= 0.3 is 5.97 Å². The molecule has 1 N–H and O–H groups in total. The average molecular weight is 253 g/mol. The lowest BCUT2D eigenvalue weighted by molar-refractivity contribution is -0.134. The average Bonchev–Trinajstić information content (AvgIpc) is 3.10. The second-order valence-electron chi connectivity index (χ2n) is 5.47. The van der Waals surface area contributed by atoms with Crippen LogP contribution in [0, 0.1) is 5.92 Å². The number of carbonyl (C=O) groups is 2. The molecule has 0 aromatic carbocycles. The van der Waals surface area contributed by atoms with E-state index in [1.165, 1.54) is 6.92 Å². The van der Waals surface area contributed by atoms with Gasteiger partial charge in [-0.05, 0) is 39.0 Å². The lowest BCUT2D eigenvalue weighted by Crippen LogP contribution is -2.35. The van der Waals surface area contributed by atoms with Crippen molar-refractivity contribution >= 4 is 11.9 Å². The van der Waals surface area contributed by atoms with Gasteiger partial charge in [-0.25, -0.2) is 4.79 Å². The molecule has 0 atom stereocenters. The van der Waals surface area contributed by atoms with Gasteiger partial charge in [0.25, 0.3) is 0 Å². The van der Waals surface area contributed by atoms with Crippen molar-refractivity contribution in [1.29, 1.82) is 0 Å². The lowest BCUT2D eigenvalue weighted by atomic mass is 10.1. The van der Waals surface area contributed by atoms with Crippen LogP contribution >= 0.6 is 0 Å². The molecule has 1 amide bonds. The van der Waals surface area contributed by atoms with Gasteiger partial charge in [0.1, 0.15) is 0 Å². The number of hydrogen-bond donors (Lipinski definition) is 1. The third kappa shape index (κ3) is 3.86. The summed E-state index contributed by atoms with van der Waals surface area (Å²) in [5, 5.41) is 8.93. The molecule has 1 aliphatic rings. The molecule has 0 aliphatic heterocycles. The van der Waals surface area contributed by atoms with Crippen molar-refractivity contribution in [2.45, 2.75) is 53.0 Å². The van der Waals surface area contributed by atoms with Crippen LogP contribution in [0.2, 0.25) is 0 Å². The van der Waals surface area contributed by atoms with Crippen LogP contribution < -0.4 is 0 Å². The number of carbonyl (C=O) groups excluding carboxylic acids is 1. The largest absolute Gasteiger partial charge is 0.478 e. The molecule has 0 aromatic rings. The van der Waals surface area contributed by atoms with Crippen LogP contribution in [-0.4, -0.2) is 34.5 Å². The molecular weight excluding hydrogens is 230 g/mol. The minimum atomic E-state index is -1.01. The first-order valence-electron chi connectivity index (χ1n) is 6.56. The molecule has 0 heterocycles. The molecule has 0 radical (unpaired) electrons. The molecule has 0 spiro atoms. The normalized spacial score (nSPS) is 16.5. The van der Waals surface area contributed by atoms with Crippen molar-refractivity contribution in [2.24, 2.45) is 5.92 Å². The third-order valence-electron chi connectivity index (χ3n) is 3.40. The molecule has 1 saturated carbocycles. The van der Waals surface area contributed by atoms with E-state index in [4.69, 9.17) is 5.11 Å². The molecule has 1 aliphatic carbocycles. The number of aliphatic carboxylic acids is 1. The van der Waals surface area contributed by atoms with Crippen molar-refractivity contribution < 1.29 is 14.7 Å². The number of amides is 1. The predicted molar refractivity (Wildman–Crippen MR) is 70.2 cm³/mol.